The van der Waals surface area contributed by atoms with Crippen LogP contribution in [0.2, 0.25) is 5.02 Å². The highest BCUT2D eigenvalue weighted by molar-refractivity contribution is 6.32. The quantitative estimate of drug-likeness (QED) is 0.551. The summed E-state index contributed by atoms with van der Waals surface area (Å²) in [6, 6.07) is 14.1. The average molecular weight is 294 g/mol. The molecule has 0 fully saturated rings. The Morgan fingerprint density at radius 1 is 1.05 bits per heavy atom. The Kier molecular flexibility index (Phi) is 2.69. The molecular weight excluding hydrogens is 282 g/mol. The molecule has 0 atom stereocenters. The van der Waals surface area contributed by atoms with Gasteiger partial charge in [0.2, 0.25) is 0 Å². The molecule has 2 heterocycles. The number of nitrogens with zero attached hydrogens (tertiary/aromatic N) is 2. The molecule has 4 aromatic rings. The van der Waals surface area contributed by atoms with Gasteiger partial charge in [-0.3, -0.25) is 4.98 Å². The van der Waals surface area contributed by atoms with Gasteiger partial charge in [0.15, 0.2) is 0 Å². The minimum absolute atomic E-state index is 0.737. The summed E-state index contributed by atoms with van der Waals surface area (Å²) in [5.74, 6) is 0.833. The number of rotatable bonds is 1. The Hall–Kier alpha value is -2.39. The predicted octanol–water partition coefficient (Wildman–Crippen LogP) is 4.74. The molecule has 2 aromatic carbocycles. The van der Waals surface area contributed by atoms with Crippen molar-refractivity contribution in [2.45, 2.75) is 6.92 Å². The predicted molar refractivity (Wildman–Crippen MR) is 86.6 cm³/mol. The first kappa shape index (κ1) is 12.4. The first-order valence-electron chi connectivity index (χ1n) is 6.72. The monoisotopic (exact) mass is 293 g/mol. The highest BCUT2D eigenvalue weighted by atomic mass is 35.5. The van der Waals surface area contributed by atoms with Gasteiger partial charge in [-0.15, -0.1) is 0 Å². The Labute approximate surface area is 126 Å². The van der Waals surface area contributed by atoms with Crippen LogP contribution in [0.1, 0.15) is 5.56 Å². The second kappa shape index (κ2) is 4.57. The lowest BCUT2D eigenvalue weighted by molar-refractivity contribution is 1.33. The first-order valence-corrected chi connectivity index (χ1v) is 7.09. The van der Waals surface area contributed by atoms with Crippen LogP contribution in [0, 0.1) is 6.92 Å². The lowest BCUT2D eigenvalue weighted by Gasteiger charge is -1.99. The Bertz CT molecular complexity index is 933. The van der Waals surface area contributed by atoms with E-state index in [9.17, 15) is 0 Å². The maximum absolute atomic E-state index is 6.16. The van der Waals surface area contributed by atoms with E-state index < -0.39 is 0 Å². The number of aromatic nitrogens is 3. The zero-order chi connectivity index (χ0) is 14.4. The molecule has 0 amide bonds. The van der Waals surface area contributed by atoms with Gasteiger partial charge >= 0.3 is 0 Å². The smallest absolute Gasteiger partial charge is 0.138 e. The summed E-state index contributed by atoms with van der Waals surface area (Å²) in [6.45, 7) is 1.99. The third-order valence-electron chi connectivity index (χ3n) is 3.64. The SMILES string of the molecule is Cc1cc2[nH]c(-c3ccc4cccnc4c3)nc2cc1Cl. The molecule has 0 aliphatic rings. The van der Waals surface area contributed by atoms with Gasteiger partial charge in [0.25, 0.3) is 0 Å². The highest BCUT2D eigenvalue weighted by Gasteiger charge is 2.08. The third-order valence-corrected chi connectivity index (χ3v) is 4.05. The number of hydrogen-bond donors (Lipinski definition) is 1. The molecule has 102 valence electrons. The van der Waals surface area contributed by atoms with Crippen LogP contribution in [0.25, 0.3) is 33.3 Å². The first-order chi connectivity index (χ1) is 10.2. The fourth-order valence-corrected chi connectivity index (χ4v) is 2.65. The van der Waals surface area contributed by atoms with Gasteiger partial charge in [0, 0.05) is 22.2 Å². The van der Waals surface area contributed by atoms with Crippen LogP contribution in [-0.4, -0.2) is 15.0 Å². The number of benzene rings is 2. The molecule has 0 aliphatic heterocycles. The van der Waals surface area contributed by atoms with E-state index in [1.54, 1.807) is 6.20 Å². The fraction of sp³-hybridized carbons (Fsp3) is 0.0588. The number of aryl methyl sites for hydroxylation is 1. The minimum Gasteiger partial charge on any atom is -0.338 e. The molecule has 0 aliphatic carbocycles. The number of aromatic amines is 1. The molecule has 3 nitrogen and oxygen atoms in total. The van der Waals surface area contributed by atoms with Gasteiger partial charge in [0.1, 0.15) is 5.82 Å². The van der Waals surface area contributed by atoms with Crippen molar-refractivity contribution < 1.29 is 0 Å². The second-order valence-corrected chi connectivity index (χ2v) is 5.52. The number of nitrogens with one attached hydrogen (secondary N) is 1. The molecule has 21 heavy (non-hydrogen) atoms. The minimum atomic E-state index is 0.737. The van der Waals surface area contributed by atoms with Gasteiger partial charge in [0.05, 0.1) is 16.6 Å². The van der Waals surface area contributed by atoms with Crippen LogP contribution in [0.3, 0.4) is 0 Å². The van der Waals surface area contributed by atoms with Crippen molar-refractivity contribution in [3.63, 3.8) is 0 Å². The summed E-state index contributed by atoms with van der Waals surface area (Å²) in [7, 11) is 0. The highest BCUT2D eigenvalue weighted by Crippen LogP contribution is 2.26. The zero-order valence-electron chi connectivity index (χ0n) is 11.4. The Morgan fingerprint density at radius 3 is 2.86 bits per heavy atom. The number of H-pyrrole nitrogens is 1. The molecule has 0 saturated carbocycles. The van der Waals surface area contributed by atoms with Crippen molar-refractivity contribution in [1.82, 2.24) is 15.0 Å². The van der Waals surface area contributed by atoms with Crippen LogP contribution in [0.4, 0.5) is 0 Å². The topological polar surface area (TPSA) is 41.6 Å². The summed E-state index contributed by atoms with van der Waals surface area (Å²) in [5, 5.41) is 1.86. The number of fused-ring (bicyclic) bond motifs is 2. The van der Waals surface area contributed by atoms with Crippen LogP contribution < -0.4 is 0 Å². The molecular formula is C17H12ClN3. The number of hydrogen-bond acceptors (Lipinski definition) is 2. The molecule has 4 rings (SSSR count). The maximum Gasteiger partial charge on any atom is 0.138 e. The van der Waals surface area contributed by atoms with E-state index in [0.29, 0.717) is 0 Å². The van der Waals surface area contributed by atoms with E-state index in [1.807, 2.05) is 37.3 Å². The summed E-state index contributed by atoms with van der Waals surface area (Å²) in [4.78, 5) is 12.4. The van der Waals surface area contributed by atoms with Gasteiger partial charge in [-0.25, -0.2) is 4.98 Å². The van der Waals surface area contributed by atoms with Gasteiger partial charge in [-0.2, -0.15) is 0 Å². The molecule has 0 saturated heterocycles. The van der Waals surface area contributed by atoms with Crippen molar-refractivity contribution >= 4 is 33.5 Å². The summed E-state index contributed by atoms with van der Waals surface area (Å²) in [6.07, 6.45) is 1.80. The molecule has 0 bridgehead atoms. The zero-order valence-corrected chi connectivity index (χ0v) is 12.1. The number of halogens is 1. The summed E-state index contributed by atoms with van der Waals surface area (Å²) >= 11 is 6.16. The Morgan fingerprint density at radius 2 is 1.95 bits per heavy atom. The molecule has 0 spiro atoms. The third kappa shape index (κ3) is 2.06. The molecule has 0 unspecified atom stereocenters. The molecule has 2 aromatic heterocycles. The Balaban J connectivity index is 1.91. The van der Waals surface area contributed by atoms with Crippen molar-refractivity contribution in [2.24, 2.45) is 0 Å². The second-order valence-electron chi connectivity index (χ2n) is 5.11. The van der Waals surface area contributed by atoms with E-state index in [2.05, 4.69) is 27.1 Å². The molecule has 4 heteroatoms. The normalized spacial score (nSPS) is 11.3. The maximum atomic E-state index is 6.16. The van der Waals surface area contributed by atoms with Gasteiger partial charge in [-0.05, 0) is 36.8 Å². The van der Waals surface area contributed by atoms with Crippen LogP contribution in [0.5, 0.6) is 0 Å². The standard InChI is InChI=1S/C17H12ClN3/c1-10-7-15-16(9-13(10)18)21-17(20-15)12-5-4-11-3-2-6-19-14(11)8-12/h2-9H,1H3,(H,20,21). The van der Waals surface area contributed by atoms with E-state index in [4.69, 9.17) is 11.6 Å². The largest absolute Gasteiger partial charge is 0.338 e. The van der Waals surface area contributed by atoms with E-state index in [1.165, 1.54) is 0 Å². The van der Waals surface area contributed by atoms with Crippen molar-refractivity contribution in [3.05, 3.63) is 59.2 Å². The summed E-state index contributed by atoms with van der Waals surface area (Å²) < 4.78 is 0. The van der Waals surface area contributed by atoms with Gasteiger partial charge < -0.3 is 4.98 Å². The van der Waals surface area contributed by atoms with Crippen molar-refractivity contribution in [3.8, 4) is 11.4 Å². The molecule has 1 N–H and O–H groups in total. The summed E-state index contributed by atoms with van der Waals surface area (Å²) in [5.41, 5.74) is 4.89. The average Bonchev–Trinajstić information content (AvgIpc) is 2.90. The van der Waals surface area contributed by atoms with Crippen LogP contribution in [0.15, 0.2) is 48.7 Å². The van der Waals surface area contributed by atoms with E-state index >= 15 is 0 Å². The number of pyridine rings is 1. The van der Waals surface area contributed by atoms with Crippen molar-refractivity contribution in [2.75, 3.05) is 0 Å². The van der Waals surface area contributed by atoms with Crippen LogP contribution >= 0.6 is 11.6 Å². The van der Waals surface area contributed by atoms with Crippen LogP contribution in [-0.2, 0) is 0 Å². The van der Waals surface area contributed by atoms with E-state index in [-0.39, 0.29) is 0 Å². The lowest BCUT2D eigenvalue weighted by Crippen LogP contribution is -1.82. The van der Waals surface area contributed by atoms with Gasteiger partial charge in [-0.1, -0.05) is 29.8 Å². The van der Waals surface area contributed by atoms with Crippen molar-refractivity contribution in [1.29, 1.82) is 0 Å². The lowest BCUT2D eigenvalue weighted by atomic mass is 10.1. The number of imidazole rings is 1. The molecule has 0 radical (unpaired) electrons. The fourth-order valence-electron chi connectivity index (χ4n) is 2.49. The van der Waals surface area contributed by atoms with E-state index in [0.717, 1.165) is 43.9 Å².